The van der Waals surface area contributed by atoms with Gasteiger partial charge in [0.1, 0.15) is 5.69 Å². The molecule has 1 saturated heterocycles. The molecule has 6 nitrogen and oxygen atoms in total. The Morgan fingerprint density at radius 3 is 2.59 bits per heavy atom. The second-order valence-electron chi connectivity index (χ2n) is 7.89. The number of amides is 1. The largest absolute Gasteiger partial charge is 0.463 e. The minimum absolute atomic E-state index is 0.116. The molecule has 2 aromatic rings. The Kier molecular flexibility index (Phi) is 5.41. The number of hydrogen-bond donors (Lipinski definition) is 1. The molecular weight excluding hydrogens is 340 g/mol. The molecule has 1 aliphatic heterocycles. The van der Waals surface area contributed by atoms with E-state index in [1.54, 1.807) is 6.26 Å². The topological polar surface area (TPSA) is 71.3 Å². The van der Waals surface area contributed by atoms with Gasteiger partial charge in [0.25, 0.3) is 0 Å². The van der Waals surface area contributed by atoms with Crippen LogP contribution in [0.4, 0.5) is 5.82 Å². The van der Waals surface area contributed by atoms with E-state index in [0.717, 1.165) is 49.6 Å². The molecule has 2 aliphatic rings. The van der Waals surface area contributed by atoms with Crippen molar-refractivity contribution in [2.24, 2.45) is 11.8 Å². The van der Waals surface area contributed by atoms with Crippen LogP contribution in [0, 0.1) is 11.8 Å². The summed E-state index contributed by atoms with van der Waals surface area (Å²) in [6.45, 7) is 3.94. The molecule has 4 rings (SSSR count). The molecule has 6 heteroatoms. The van der Waals surface area contributed by atoms with E-state index in [4.69, 9.17) is 4.42 Å². The van der Waals surface area contributed by atoms with Gasteiger partial charge in [0.15, 0.2) is 11.6 Å². The van der Waals surface area contributed by atoms with E-state index >= 15 is 0 Å². The second kappa shape index (κ2) is 8.11. The molecule has 0 aromatic carbocycles. The summed E-state index contributed by atoms with van der Waals surface area (Å²) in [4.78, 5) is 14.9. The first-order valence-electron chi connectivity index (χ1n) is 10.1. The van der Waals surface area contributed by atoms with Gasteiger partial charge in [0.05, 0.1) is 6.26 Å². The third-order valence-corrected chi connectivity index (χ3v) is 6.05. The molecule has 1 aliphatic carbocycles. The Hall–Kier alpha value is -2.37. The van der Waals surface area contributed by atoms with E-state index in [9.17, 15) is 4.79 Å². The maximum atomic E-state index is 12.7. The fourth-order valence-electron chi connectivity index (χ4n) is 4.25. The van der Waals surface area contributed by atoms with Gasteiger partial charge in [-0.3, -0.25) is 4.79 Å². The molecule has 0 radical (unpaired) electrons. The Balaban J connectivity index is 1.30. The Morgan fingerprint density at radius 2 is 1.93 bits per heavy atom. The molecule has 2 fully saturated rings. The predicted molar refractivity (Wildman–Crippen MR) is 104 cm³/mol. The van der Waals surface area contributed by atoms with E-state index in [1.165, 1.54) is 19.3 Å². The Labute approximate surface area is 160 Å². The van der Waals surface area contributed by atoms with Gasteiger partial charge >= 0.3 is 0 Å². The molecule has 27 heavy (non-hydrogen) atoms. The third-order valence-electron chi connectivity index (χ3n) is 6.05. The minimum Gasteiger partial charge on any atom is -0.463 e. The molecule has 1 amide bonds. The number of anilines is 1. The van der Waals surface area contributed by atoms with Crippen LogP contribution in [0.25, 0.3) is 11.5 Å². The van der Waals surface area contributed by atoms with Crippen molar-refractivity contribution in [2.45, 2.75) is 51.5 Å². The highest BCUT2D eigenvalue weighted by Gasteiger charge is 2.29. The van der Waals surface area contributed by atoms with E-state index in [0.29, 0.717) is 12.0 Å². The number of carbonyl (C=O) groups excluding carboxylic acids is 1. The van der Waals surface area contributed by atoms with Crippen LogP contribution >= 0.6 is 0 Å². The monoisotopic (exact) mass is 368 g/mol. The van der Waals surface area contributed by atoms with Crippen molar-refractivity contribution in [1.82, 2.24) is 15.5 Å². The summed E-state index contributed by atoms with van der Waals surface area (Å²) in [5.74, 6) is 2.55. The van der Waals surface area contributed by atoms with Crippen LogP contribution in [-0.2, 0) is 4.79 Å². The molecule has 2 aromatic heterocycles. The first-order chi connectivity index (χ1) is 13.2. The number of carbonyl (C=O) groups is 1. The van der Waals surface area contributed by atoms with Crippen molar-refractivity contribution in [2.75, 3.05) is 18.0 Å². The predicted octanol–water partition coefficient (Wildman–Crippen LogP) is 3.65. The zero-order valence-corrected chi connectivity index (χ0v) is 15.9. The van der Waals surface area contributed by atoms with E-state index in [1.807, 2.05) is 24.3 Å². The number of furan rings is 1. The van der Waals surface area contributed by atoms with Gasteiger partial charge in [-0.25, -0.2) is 0 Å². The van der Waals surface area contributed by atoms with Crippen LogP contribution in [0.1, 0.15) is 45.4 Å². The Bertz CT molecular complexity index is 736. The summed E-state index contributed by atoms with van der Waals surface area (Å²) in [6.07, 6.45) is 8.27. The van der Waals surface area contributed by atoms with Gasteiger partial charge in [-0.2, -0.15) is 0 Å². The van der Waals surface area contributed by atoms with E-state index in [2.05, 4.69) is 27.3 Å². The summed E-state index contributed by atoms with van der Waals surface area (Å²) >= 11 is 0. The molecule has 144 valence electrons. The maximum Gasteiger partial charge on any atom is 0.223 e. The summed E-state index contributed by atoms with van der Waals surface area (Å²) in [7, 11) is 0. The molecule has 0 spiro atoms. The fraction of sp³-hybridized carbons (Fsp3) is 0.571. The van der Waals surface area contributed by atoms with Crippen LogP contribution in [0.5, 0.6) is 0 Å². The lowest BCUT2D eigenvalue weighted by Crippen LogP contribution is -2.46. The lowest BCUT2D eigenvalue weighted by molar-refractivity contribution is -0.126. The van der Waals surface area contributed by atoms with Crippen molar-refractivity contribution < 1.29 is 9.21 Å². The van der Waals surface area contributed by atoms with Gasteiger partial charge in [-0.15, -0.1) is 10.2 Å². The van der Waals surface area contributed by atoms with Crippen molar-refractivity contribution >= 4 is 11.7 Å². The number of nitrogens with one attached hydrogen (secondary N) is 1. The van der Waals surface area contributed by atoms with Crippen molar-refractivity contribution in [1.29, 1.82) is 0 Å². The minimum atomic E-state index is 0.116. The molecule has 1 saturated carbocycles. The van der Waals surface area contributed by atoms with Gasteiger partial charge in [-0.1, -0.05) is 19.8 Å². The van der Waals surface area contributed by atoms with Gasteiger partial charge in [0.2, 0.25) is 5.91 Å². The highest BCUT2D eigenvalue weighted by Crippen LogP contribution is 2.26. The number of rotatable bonds is 4. The summed E-state index contributed by atoms with van der Waals surface area (Å²) in [6, 6.07) is 8.00. The zero-order chi connectivity index (χ0) is 18.6. The van der Waals surface area contributed by atoms with Gasteiger partial charge < -0.3 is 14.6 Å². The number of piperidine rings is 1. The maximum absolute atomic E-state index is 12.7. The Morgan fingerprint density at radius 1 is 1.11 bits per heavy atom. The van der Waals surface area contributed by atoms with Crippen molar-refractivity contribution in [3.63, 3.8) is 0 Å². The van der Waals surface area contributed by atoms with E-state index in [-0.39, 0.29) is 11.8 Å². The van der Waals surface area contributed by atoms with Crippen LogP contribution < -0.4 is 10.2 Å². The van der Waals surface area contributed by atoms with Gasteiger partial charge in [-0.05, 0) is 55.9 Å². The van der Waals surface area contributed by atoms with Crippen LogP contribution in [0.2, 0.25) is 0 Å². The first-order valence-corrected chi connectivity index (χ1v) is 10.1. The summed E-state index contributed by atoms with van der Waals surface area (Å²) in [5.41, 5.74) is 0.736. The molecule has 0 bridgehead atoms. The molecular formula is C21H28N4O2. The van der Waals surface area contributed by atoms with Crippen LogP contribution in [-0.4, -0.2) is 35.2 Å². The third kappa shape index (κ3) is 4.15. The molecule has 2 unspecified atom stereocenters. The summed E-state index contributed by atoms with van der Waals surface area (Å²) < 4.78 is 5.35. The van der Waals surface area contributed by atoms with Crippen molar-refractivity contribution in [3.8, 4) is 11.5 Å². The smallest absolute Gasteiger partial charge is 0.223 e. The highest BCUT2D eigenvalue weighted by molar-refractivity contribution is 5.79. The average Bonchev–Trinajstić information content (AvgIpc) is 3.25. The highest BCUT2D eigenvalue weighted by atomic mass is 16.3. The quantitative estimate of drug-likeness (QED) is 0.892. The van der Waals surface area contributed by atoms with Crippen LogP contribution in [0.15, 0.2) is 34.9 Å². The average molecular weight is 368 g/mol. The first kappa shape index (κ1) is 18.0. The molecule has 3 heterocycles. The zero-order valence-electron chi connectivity index (χ0n) is 15.9. The lowest BCUT2D eigenvalue weighted by atomic mass is 9.85. The SMILES string of the molecule is CC1CCCCC1NC(=O)C1CCN(c2ccc(-c3ccco3)nn2)CC1. The second-order valence-corrected chi connectivity index (χ2v) is 7.89. The van der Waals surface area contributed by atoms with Crippen molar-refractivity contribution in [3.05, 3.63) is 30.5 Å². The normalized spacial score (nSPS) is 24.0. The number of hydrogen-bond acceptors (Lipinski definition) is 5. The number of nitrogens with zero attached hydrogens (tertiary/aromatic N) is 3. The van der Waals surface area contributed by atoms with Crippen LogP contribution in [0.3, 0.4) is 0 Å². The van der Waals surface area contributed by atoms with E-state index < -0.39 is 0 Å². The van der Waals surface area contributed by atoms with Gasteiger partial charge in [0, 0.05) is 25.0 Å². The standard InChI is InChI=1S/C21H28N4O2/c1-15-5-2-3-6-17(15)22-21(26)16-10-12-25(13-11-16)20-9-8-18(23-24-20)19-7-4-14-27-19/h4,7-9,14-17H,2-3,5-6,10-13H2,1H3,(H,22,26). The fourth-order valence-corrected chi connectivity index (χ4v) is 4.25. The molecule has 2 atom stereocenters. The molecule has 1 N–H and O–H groups in total. The summed E-state index contributed by atoms with van der Waals surface area (Å²) in [5, 5.41) is 11.9. The number of aromatic nitrogens is 2. The lowest BCUT2D eigenvalue weighted by Gasteiger charge is -2.34.